The van der Waals surface area contributed by atoms with E-state index in [9.17, 15) is 13.6 Å². The average molecular weight is 176 g/mol. The summed E-state index contributed by atoms with van der Waals surface area (Å²) in [7, 11) is 0. The molecule has 0 radical (unpaired) electrons. The highest BCUT2D eigenvalue weighted by atomic mass is 19.3. The Labute approximate surface area is 69.4 Å². The third-order valence-electron chi connectivity index (χ3n) is 1.42. The molecule has 12 heavy (non-hydrogen) atoms. The van der Waals surface area contributed by atoms with Crippen molar-refractivity contribution in [1.29, 1.82) is 5.26 Å². The number of rotatable bonds is 3. The predicted molar refractivity (Wildman–Crippen MR) is 38.5 cm³/mol. The Kier molecular flexibility index (Phi) is 3.61. The van der Waals surface area contributed by atoms with Crippen LogP contribution >= 0.6 is 0 Å². The molecule has 0 aliphatic heterocycles. The van der Waals surface area contributed by atoms with Crippen LogP contribution in [-0.4, -0.2) is 17.9 Å². The van der Waals surface area contributed by atoms with E-state index in [0.717, 1.165) is 0 Å². The van der Waals surface area contributed by atoms with Crippen LogP contribution in [0.1, 0.15) is 20.3 Å². The van der Waals surface area contributed by atoms with Gasteiger partial charge in [0.15, 0.2) is 0 Å². The molecule has 0 bridgehead atoms. The molecule has 0 aromatic rings. The molecule has 0 fully saturated rings. The lowest BCUT2D eigenvalue weighted by atomic mass is 10.2. The SMILES string of the molecule is CCC(C)NC(=O)C(F)(F)C#N. The van der Waals surface area contributed by atoms with Gasteiger partial charge in [-0.15, -0.1) is 0 Å². The van der Waals surface area contributed by atoms with E-state index in [4.69, 9.17) is 5.26 Å². The highest BCUT2D eigenvalue weighted by molar-refractivity contribution is 5.86. The summed E-state index contributed by atoms with van der Waals surface area (Å²) in [5, 5.41) is 9.90. The van der Waals surface area contributed by atoms with Gasteiger partial charge in [0, 0.05) is 6.04 Å². The number of hydrogen-bond acceptors (Lipinski definition) is 2. The molecule has 0 aliphatic carbocycles. The van der Waals surface area contributed by atoms with Gasteiger partial charge in [-0.05, 0) is 13.3 Å². The summed E-state index contributed by atoms with van der Waals surface area (Å²) in [5.74, 6) is -5.44. The first-order valence-electron chi connectivity index (χ1n) is 3.54. The minimum atomic E-state index is -3.91. The molecule has 0 aromatic heterocycles. The summed E-state index contributed by atoms with van der Waals surface area (Å²) in [4.78, 5) is 10.6. The van der Waals surface area contributed by atoms with Gasteiger partial charge in [0.05, 0.1) is 0 Å². The third kappa shape index (κ3) is 2.82. The largest absolute Gasteiger partial charge is 0.408 e. The Morgan fingerprint density at radius 3 is 2.58 bits per heavy atom. The Morgan fingerprint density at radius 1 is 1.75 bits per heavy atom. The Hall–Kier alpha value is -1.18. The maximum atomic E-state index is 12.3. The van der Waals surface area contributed by atoms with Gasteiger partial charge >= 0.3 is 11.8 Å². The normalized spacial score (nSPS) is 13.2. The van der Waals surface area contributed by atoms with Crippen molar-refractivity contribution in [1.82, 2.24) is 5.32 Å². The minimum Gasteiger partial charge on any atom is -0.347 e. The summed E-state index contributed by atoms with van der Waals surface area (Å²) in [5.41, 5.74) is 0. The minimum absolute atomic E-state index is 0.336. The van der Waals surface area contributed by atoms with Crippen LogP contribution < -0.4 is 5.32 Å². The molecule has 0 saturated heterocycles. The molecule has 1 unspecified atom stereocenters. The summed E-state index contributed by atoms with van der Waals surface area (Å²) >= 11 is 0. The molecule has 0 heterocycles. The zero-order valence-electron chi connectivity index (χ0n) is 6.90. The number of amides is 1. The van der Waals surface area contributed by atoms with Crippen LogP contribution in [0.2, 0.25) is 0 Å². The van der Waals surface area contributed by atoms with Crippen LogP contribution in [0, 0.1) is 11.3 Å². The highest BCUT2D eigenvalue weighted by Crippen LogP contribution is 2.11. The molecule has 1 atom stereocenters. The number of alkyl halides is 2. The smallest absolute Gasteiger partial charge is 0.347 e. The summed E-state index contributed by atoms with van der Waals surface area (Å²) in [6, 6.07) is 0.289. The topological polar surface area (TPSA) is 52.9 Å². The molecule has 0 saturated carbocycles. The number of nitriles is 1. The predicted octanol–water partition coefficient (Wildman–Crippen LogP) is 1.06. The van der Waals surface area contributed by atoms with Crippen molar-refractivity contribution in [3.05, 3.63) is 0 Å². The second-order valence-corrected chi connectivity index (χ2v) is 2.47. The lowest BCUT2D eigenvalue weighted by Gasteiger charge is -2.13. The summed E-state index contributed by atoms with van der Waals surface area (Å²) in [6.07, 6.45) is 0.549. The first-order chi connectivity index (χ1) is 5.44. The van der Waals surface area contributed by atoms with E-state index in [1.807, 2.05) is 5.32 Å². The van der Waals surface area contributed by atoms with Gasteiger partial charge in [-0.1, -0.05) is 6.92 Å². The van der Waals surface area contributed by atoms with E-state index in [2.05, 4.69) is 0 Å². The van der Waals surface area contributed by atoms with Crippen LogP contribution in [0.15, 0.2) is 0 Å². The van der Waals surface area contributed by atoms with E-state index in [-0.39, 0.29) is 6.04 Å². The summed E-state index contributed by atoms with van der Waals surface area (Å²) in [6.45, 7) is 3.33. The fraction of sp³-hybridized carbons (Fsp3) is 0.714. The lowest BCUT2D eigenvalue weighted by molar-refractivity contribution is -0.139. The molecule has 0 spiro atoms. The van der Waals surface area contributed by atoms with Crippen LogP contribution in [0.3, 0.4) is 0 Å². The molecule has 0 aliphatic rings. The van der Waals surface area contributed by atoms with Crippen molar-refractivity contribution < 1.29 is 13.6 Å². The van der Waals surface area contributed by atoms with Gasteiger partial charge in [-0.3, -0.25) is 4.79 Å². The number of nitrogens with one attached hydrogen (secondary N) is 1. The van der Waals surface area contributed by atoms with Crippen LogP contribution in [0.25, 0.3) is 0 Å². The van der Waals surface area contributed by atoms with Gasteiger partial charge in [0.25, 0.3) is 0 Å². The monoisotopic (exact) mass is 176 g/mol. The number of carbonyl (C=O) groups is 1. The van der Waals surface area contributed by atoms with E-state index < -0.39 is 11.8 Å². The Balaban J connectivity index is 4.15. The maximum Gasteiger partial charge on any atom is 0.408 e. The van der Waals surface area contributed by atoms with E-state index in [0.29, 0.717) is 12.5 Å². The van der Waals surface area contributed by atoms with E-state index in [1.54, 1.807) is 13.8 Å². The fourth-order valence-electron chi connectivity index (χ4n) is 0.467. The molecular formula is C7H10F2N2O. The second kappa shape index (κ2) is 4.00. The van der Waals surface area contributed by atoms with E-state index in [1.165, 1.54) is 0 Å². The van der Waals surface area contributed by atoms with Gasteiger partial charge in [0.2, 0.25) is 0 Å². The molecule has 0 rings (SSSR count). The van der Waals surface area contributed by atoms with Crippen LogP contribution in [0.5, 0.6) is 0 Å². The van der Waals surface area contributed by atoms with Crippen molar-refractivity contribution in [2.24, 2.45) is 0 Å². The number of hydrogen-bond donors (Lipinski definition) is 1. The molecule has 68 valence electrons. The van der Waals surface area contributed by atoms with Crippen molar-refractivity contribution in [3.63, 3.8) is 0 Å². The molecule has 1 N–H and O–H groups in total. The first kappa shape index (κ1) is 10.8. The average Bonchev–Trinajstić information content (AvgIpc) is 2.04. The second-order valence-electron chi connectivity index (χ2n) is 2.47. The number of nitrogens with zero attached hydrogens (tertiary/aromatic N) is 1. The lowest BCUT2D eigenvalue weighted by Crippen LogP contribution is -2.43. The zero-order valence-corrected chi connectivity index (χ0v) is 6.90. The molecular weight excluding hydrogens is 166 g/mol. The molecule has 0 aromatic carbocycles. The van der Waals surface area contributed by atoms with Gasteiger partial charge in [-0.2, -0.15) is 14.0 Å². The van der Waals surface area contributed by atoms with Crippen molar-refractivity contribution in [3.8, 4) is 6.07 Å². The molecule has 5 heteroatoms. The van der Waals surface area contributed by atoms with Crippen molar-refractivity contribution in [2.45, 2.75) is 32.2 Å². The van der Waals surface area contributed by atoms with Crippen molar-refractivity contribution in [2.75, 3.05) is 0 Å². The third-order valence-corrected chi connectivity index (χ3v) is 1.42. The van der Waals surface area contributed by atoms with E-state index >= 15 is 0 Å². The zero-order chi connectivity index (χ0) is 9.78. The number of halogens is 2. The van der Waals surface area contributed by atoms with Gasteiger partial charge in [-0.25, -0.2) is 0 Å². The standard InChI is InChI=1S/C7H10F2N2O/c1-3-5(2)11-6(12)7(8,9)4-10/h5H,3H2,1-2H3,(H,11,12). The molecule has 1 amide bonds. The van der Waals surface area contributed by atoms with Gasteiger partial charge < -0.3 is 5.32 Å². The maximum absolute atomic E-state index is 12.3. The quantitative estimate of drug-likeness (QED) is 0.699. The Bertz CT molecular complexity index is 210. The Morgan fingerprint density at radius 2 is 2.25 bits per heavy atom. The van der Waals surface area contributed by atoms with Crippen LogP contribution in [0.4, 0.5) is 8.78 Å². The first-order valence-corrected chi connectivity index (χ1v) is 3.54. The summed E-state index contributed by atoms with van der Waals surface area (Å²) < 4.78 is 24.5. The van der Waals surface area contributed by atoms with Crippen molar-refractivity contribution >= 4 is 5.91 Å². The van der Waals surface area contributed by atoms with Crippen LogP contribution in [-0.2, 0) is 4.79 Å². The molecule has 3 nitrogen and oxygen atoms in total. The number of carbonyl (C=O) groups excluding carboxylic acids is 1. The highest BCUT2D eigenvalue weighted by Gasteiger charge is 2.39. The van der Waals surface area contributed by atoms with Gasteiger partial charge in [0.1, 0.15) is 6.07 Å². The fourth-order valence-corrected chi connectivity index (χ4v) is 0.467.